The predicted molar refractivity (Wildman–Crippen MR) is 88.4 cm³/mol. The van der Waals surface area contributed by atoms with Crippen molar-refractivity contribution in [2.24, 2.45) is 0 Å². The fourth-order valence-corrected chi connectivity index (χ4v) is 2.50. The molecule has 0 spiro atoms. The summed E-state index contributed by atoms with van der Waals surface area (Å²) in [6.07, 6.45) is 0. The molecule has 0 unspecified atom stereocenters. The number of nitrogens with one attached hydrogen (secondary N) is 1. The molecule has 0 heterocycles. The van der Waals surface area contributed by atoms with Crippen LogP contribution in [0.1, 0.15) is 11.1 Å². The van der Waals surface area contributed by atoms with Gasteiger partial charge in [0.05, 0.1) is 6.61 Å². The largest absolute Gasteiger partial charge is 0.381 e. The molecule has 0 fully saturated rings. The Bertz CT molecular complexity index is 736. The van der Waals surface area contributed by atoms with Crippen LogP contribution < -0.4 is 5.32 Å². The first-order valence-electron chi connectivity index (χ1n) is 7.14. The van der Waals surface area contributed by atoms with Crippen molar-refractivity contribution >= 4 is 16.5 Å². The summed E-state index contributed by atoms with van der Waals surface area (Å²) in [4.78, 5) is 0. The van der Waals surface area contributed by atoms with E-state index in [1.54, 1.807) is 7.11 Å². The SMILES string of the molecule is COCc1cccc(CNc2ccc3ccccc3c2)c1. The molecule has 1 N–H and O–H groups in total. The topological polar surface area (TPSA) is 21.3 Å². The summed E-state index contributed by atoms with van der Waals surface area (Å²) in [5.41, 5.74) is 3.61. The van der Waals surface area contributed by atoms with Gasteiger partial charge in [-0.25, -0.2) is 0 Å². The van der Waals surface area contributed by atoms with Crippen molar-refractivity contribution in [3.8, 4) is 0 Å². The lowest BCUT2D eigenvalue weighted by molar-refractivity contribution is 0.185. The number of fused-ring (bicyclic) bond motifs is 1. The van der Waals surface area contributed by atoms with Gasteiger partial charge in [0.2, 0.25) is 0 Å². The minimum atomic E-state index is 0.657. The Labute approximate surface area is 125 Å². The van der Waals surface area contributed by atoms with Gasteiger partial charge in [0, 0.05) is 19.3 Å². The maximum atomic E-state index is 5.17. The van der Waals surface area contributed by atoms with Gasteiger partial charge in [0.15, 0.2) is 0 Å². The van der Waals surface area contributed by atoms with E-state index in [0.29, 0.717) is 6.61 Å². The smallest absolute Gasteiger partial charge is 0.0713 e. The molecule has 0 bridgehead atoms. The zero-order valence-corrected chi connectivity index (χ0v) is 12.2. The van der Waals surface area contributed by atoms with Crippen molar-refractivity contribution in [1.82, 2.24) is 0 Å². The minimum Gasteiger partial charge on any atom is -0.381 e. The van der Waals surface area contributed by atoms with Crippen LogP contribution in [0.5, 0.6) is 0 Å². The van der Waals surface area contributed by atoms with Crippen molar-refractivity contribution in [2.75, 3.05) is 12.4 Å². The Kier molecular flexibility index (Phi) is 4.17. The summed E-state index contributed by atoms with van der Waals surface area (Å²) in [6, 6.07) is 23.3. The van der Waals surface area contributed by atoms with Gasteiger partial charge in [0.1, 0.15) is 0 Å². The number of ether oxygens (including phenoxy) is 1. The third-order valence-electron chi connectivity index (χ3n) is 3.55. The minimum absolute atomic E-state index is 0.657. The normalized spacial score (nSPS) is 10.7. The maximum absolute atomic E-state index is 5.17. The van der Waals surface area contributed by atoms with Crippen LogP contribution in [0.15, 0.2) is 66.7 Å². The summed E-state index contributed by atoms with van der Waals surface area (Å²) < 4.78 is 5.17. The third-order valence-corrected chi connectivity index (χ3v) is 3.55. The lowest BCUT2D eigenvalue weighted by Gasteiger charge is -2.09. The van der Waals surface area contributed by atoms with Crippen molar-refractivity contribution in [3.63, 3.8) is 0 Å². The molecule has 0 aliphatic carbocycles. The molecule has 0 saturated carbocycles. The molecule has 2 heteroatoms. The van der Waals surface area contributed by atoms with Crippen molar-refractivity contribution in [1.29, 1.82) is 0 Å². The average Bonchev–Trinajstić information content (AvgIpc) is 2.53. The number of hydrogen-bond donors (Lipinski definition) is 1. The molecule has 0 amide bonds. The van der Waals surface area contributed by atoms with Crippen molar-refractivity contribution in [2.45, 2.75) is 13.2 Å². The Morgan fingerprint density at radius 2 is 1.62 bits per heavy atom. The fourth-order valence-electron chi connectivity index (χ4n) is 2.50. The molecule has 0 aliphatic heterocycles. The molecule has 3 rings (SSSR count). The maximum Gasteiger partial charge on any atom is 0.0713 e. The molecule has 106 valence electrons. The van der Waals surface area contributed by atoms with E-state index in [9.17, 15) is 0 Å². The first kappa shape index (κ1) is 13.7. The standard InChI is InChI=1S/C19H19NO/c1-21-14-16-6-4-5-15(11-16)13-20-19-10-9-17-7-2-3-8-18(17)12-19/h2-12,20H,13-14H2,1H3. The summed E-state index contributed by atoms with van der Waals surface area (Å²) in [5, 5.41) is 6.01. The Hall–Kier alpha value is -2.32. The van der Waals surface area contributed by atoms with Gasteiger partial charge in [-0.05, 0) is 34.0 Å². The third kappa shape index (κ3) is 3.41. The molecule has 3 aromatic rings. The fraction of sp³-hybridized carbons (Fsp3) is 0.158. The van der Waals surface area contributed by atoms with Gasteiger partial charge in [-0.1, -0.05) is 54.6 Å². The molecule has 0 saturated heterocycles. The van der Waals surface area contributed by atoms with Crippen LogP contribution in [0, 0.1) is 0 Å². The van der Waals surface area contributed by atoms with E-state index >= 15 is 0 Å². The average molecular weight is 277 g/mol. The molecule has 3 aromatic carbocycles. The lowest BCUT2D eigenvalue weighted by atomic mass is 10.1. The second kappa shape index (κ2) is 6.42. The molecular weight excluding hydrogens is 258 g/mol. The van der Waals surface area contributed by atoms with Gasteiger partial charge in [-0.15, -0.1) is 0 Å². The quantitative estimate of drug-likeness (QED) is 0.736. The molecule has 0 atom stereocenters. The first-order chi connectivity index (χ1) is 10.3. The highest BCUT2D eigenvalue weighted by molar-refractivity contribution is 5.85. The van der Waals surface area contributed by atoms with E-state index in [4.69, 9.17) is 4.74 Å². The Morgan fingerprint density at radius 3 is 2.48 bits per heavy atom. The molecular formula is C19H19NO. The highest BCUT2D eigenvalue weighted by atomic mass is 16.5. The van der Waals surface area contributed by atoms with E-state index < -0.39 is 0 Å². The number of benzene rings is 3. The van der Waals surface area contributed by atoms with E-state index in [1.165, 1.54) is 21.9 Å². The highest BCUT2D eigenvalue weighted by Crippen LogP contribution is 2.19. The van der Waals surface area contributed by atoms with Gasteiger partial charge in [0.25, 0.3) is 0 Å². The van der Waals surface area contributed by atoms with Crippen molar-refractivity contribution < 1.29 is 4.74 Å². The summed E-state index contributed by atoms with van der Waals surface area (Å²) in [6.45, 7) is 1.47. The Morgan fingerprint density at radius 1 is 0.810 bits per heavy atom. The van der Waals surface area contributed by atoms with Crippen LogP contribution in [-0.2, 0) is 17.9 Å². The van der Waals surface area contributed by atoms with Gasteiger partial charge in [-0.3, -0.25) is 0 Å². The molecule has 0 aromatic heterocycles. The van der Waals surface area contributed by atoms with Crippen LogP contribution in [-0.4, -0.2) is 7.11 Å². The number of anilines is 1. The van der Waals surface area contributed by atoms with Crippen LogP contribution in [0.2, 0.25) is 0 Å². The summed E-state index contributed by atoms with van der Waals surface area (Å²) >= 11 is 0. The van der Waals surface area contributed by atoms with Crippen LogP contribution >= 0.6 is 0 Å². The number of methoxy groups -OCH3 is 1. The van der Waals surface area contributed by atoms with Crippen LogP contribution in [0.25, 0.3) is 10.8 Å². The molecule has 0 radical (unpaired) electrons. The second-order valence-electron chi connectivity index (χ2n) is 5.17. The number of hydrogen-bond acceptors (Lipinski definition) is 2. The lowest BCUT2D eigenvalue weighted by Crippen LogP contribution is -2.00. The number of rotatable bonds is 5. The summed E-state index contributed by atoms with van der Waals surface area (Å²) in [5.74, 6) is 0. The molecule has 0 aliphatic rings. The van der Waals surface area contributed by atoms with Gasteiger partial charge in [-0.2, -0.15) is 0 Å². The van der Waals surface area contributed by atoms with E-state index in [-0.39, 0.29) is 0 Å². The monoisotopic (exact) mass is 277 g/mol. The molecule has 21 heavy (non-hydrogen) atoms. The zero-order valence-electron chi connectivity index (χ0n) is 12.2. The van der Waals surface area contributed by atoms with Crippen molar-refractivity contribution in [3.05, 3.63) is 77.9 Å². The van der Waals surface area contributed by atoms with E-state index in [0.717, 1.165) is 12.2 Å². The summed E-state index contributed by atoms with van der Waals surface area (Å²) in [7, 11) is 1.72. The first-order valence-corrected chi connectivity index (χ1v) is 7.14. The van der Waals surface area contributed by atoms with E-state index in [2.05, 4.69) is 72.0 Å². The molecule has 2 nitrogen and oxygen atoms in total. The zero-order chi connectivity index (χ0) is 14.5. The van der Waals surface area contributed by atoms with Crippen LogP contribution in [0.3, 0.4) is 0 Å². The van der Waals surface area contributed by atoms with Gasteiger partial charge < -0.3 is 10.1 Å². The Balaban J connectivity index is 1.72. The predicted octanol–water partition coefficient (Wildman–Crippen LogP) is 4.60. The van der Waals surface area contributed by atoms with Crippen LogP contribution in [0.4, 0.5) is 5.69 Å². The van der Waals surface area contributed by atoms with Gasteiger partial charge >= 0.3 is 0 Å². The highest BCUT2D eigenvalue weighted by Gasteiger charge is 1.98. The van der Waals surface area contributed by atoms with E-state index in [1.807, 2.05) is 0 Å². The second-order valence-corrected chi connectivity index (χ2v) is 5.17.